The number of benzene rings is 1. The van der Waals surface area contributed by atoms with E-state index >= 15 is 0 Å². The van der Waals surface area contributed by atoms with Crippen molar-refractivity contribution in [2.45, 2.75) is 40.0 Å². The summed E-state index contributed by atoms with van der Waals surface area (Å²) in [5.41, 5.74) is 4.02. The van der Waals surface area contributed by atoms with Gasteiger partial charge < -0.3 is 9.64 Å². The Hall–Kier alpha value is -3.50. The van der Waals surface area contributed by atoms with Crippen molar-refractivity contribution in [2.24, 2.45) is 5.41 Å². The van der Waals surface area contributed by atoms with Crippen molar-refractivity contribution < 1.29 is 4.74 Å². The number of ether oxygens (including phenoxy) is 1. The van der Waals surface area contributed by atoms with Crippen molar-refractivity contribution >= 4 is 5.69 Å². The van der Waals surface area contributed by atoms with Gasteiger partial charge in [0.05, 0.1) is 12.6 Å². The summed E-state index contributed by atoms with van der Waals surface area (Å²) in [6.07, 6.45) is 9.49. The van der Waals surface area contributed by atoms with Gasteiger partial charge in [0.2, 0.25) is 0 Å². The molecule has 1 aromatic carbocycles. The molecule has 30 heavy (non-hydrogen) atoms. The summed E-state index contributed by atoms with van der Waals surface area (Å²) in [5, 5.41) is 9.29. The molecule has 2 aliphatic heterocycles. The van der Waals surface area contributed by atoms with E-state index in [0.29, 0.717) is 11.3 Å². The van der Waals surface area contributed by atoms with E-state index in [-0.39, 0.29) is 16.5 Å². The van der Waals surface area contributed by atoms with Gasteiger partial charge in [0.15, 0.2) is 0 Å². The first kappa shape index (κ1) is 21.2. The number of nitriles is 1. The first-order chi connectivity index (χ1) is 14.1. The van der Waals surface area contributed by atoms with Gasteiger partial charge in [-0.2, -0.15) is 0 Å². The maximum absolute atomic E-state index is 9.29. The van der Waals surface area contributed by atoms with Gasteiger partial charge >= 0.3 is 0 Å². The second-order valence-electron chi connectivity index (χ2n) is 9.05. The third-order valence-electron chi connectivity index (χ3n) is 5.50. The molecule has 4 heteroatoms. The number of allylic oxidation sites excluding steroid dienone is 9. The number of likely N-dealkylation sites (N-methyl/N-ethyl adjacent to an activating group) is 1. The van der Waals surface area contributed by atoms with Gasteiger partial charge in [0.1, 0.15) is 11.5 Å². The Labute approximate surface area is 179 Å². The van der Waals surface area contributed by atoms with Gasteiger partial charge in [0.25, 0.3) is 5.70 Å². The molecule has 152 valence electrons. The minimum Gasteiger partial charge on any atom is -0.461 e. The lowest BCUT2D eigenvalue weighted by molar-refractivity contribution is 0.223. The molecule has 4 nitrogen and oxygen atoms in total. The van der Waals surface area contributed by atoms with Crippen LogP contribution in [-0.4, -0.2) is 7.05 Å². The number of anilines is 1. The molecular formula is C26H27N3O. The van der Waals surface area contributed by atoms with E-state index in [9.17, 15) is 5.26 Å². The molecule has 2 aliphatic rings. The van der Waals surface area contributed by atoms with Crippen LogP contribution in [0, 0.1) is 23.3 Å². The van der Waals surface area contributed by atoms with Crippen molar-refractivity contribution in [1.82, 2.24) is 0 Å². The molecule has 0 unspecified atom stereocenters. The Balaban J connectivity index is 1.96. The van der Waals surface area contributed by atoms with Gasteiger partial charge in [-0.25, -0.2) is 10.1 Å². The lowest BCUT2D eigenvalue weighted by Crippen LogP contribution is -2.22. The molecule has 0 aromatic heterocycles. The van der Waals surface area contributed by atoms with Crippen LogP contribution in [0.3, 0.4) is 0 Å². The predicted molar refractivity (Wildman–Crippen MR) is 121 cm³/mol. The fraction of sp³-hybridized carbons (Fsp3) is 0.308. The molecule has 0 fully saturated rings. The molecular weight excluding hydrogens is 370 g/mol. The molecule has 3 rings (SSSR count). The van der Waals surface area contributed by atoms with Crippen LogP contribution in [0.2, 0.25) is 0 Å². The summed E-state index contributed by atoms with van der Waals surface area (Å²) in [7, 11) is 2.08. The lowest BCUT2D eigenvalue weighted by atomic mass is 9.84. The normalized spacial score (nSPS) is 20.8. The van der Waals surface area contributed by atoms with Crippen molar-refractivity contribution in [3.8, 4) is 6.07 Å². The van der Waals surface area contributed by atoms with E-state index in [4.69, 9.17) is 11.3 Å². The van der Waals surface area contributed by atoms with E-state index in [2.05, 4.69) is 61.0 Å². The van der Waals surface area contributed by atoms with Crippen LogP contribution >= 0.6 is 0 Å². The fourth-order valence-electron chi connectivity index (χ4n) is 3.80. The van der Waals surface area contributed by atoms with Crippen LogP contribution in [0.1, 0.15) is 40.2 Å². The highest BCUT2D eigenvalue weighted by Crippen LogP contribution is 2.46. The van der Waals surface area contributed by atoms with Gasteiger partial charge in [-0.05, 0) is 41.5 Å². The molecule has 0 N–H and O–H groups in total. The van der Waals surface area contributed by atoms with Gasteiger partial charge in [-0.3, -0.25) is 0 Å². The van der Waals surface area contributed by atoms with Crippen molar-refractivity contribution in [2.75, 3.05) is 11.9 Å². The molecule has 0 bridgehead atoms. The van der Waals surface area contributed by atoms with Gasteiger partial charge in [0, 0.05) is 29.3 Å². The minimum absolute atomic E-state index is 0.0661. The summed E-state index contributed by atoms with van der Waals surface area (Å²) in [5.74, 6) is 1.34. The Morgan fingerprint density at radius 3 is 2.53 bits per heavy atom. The molecule has 0 saturated carbocycles. The summed E-state index contributed by atoms with van der Waals surface area (Å²) < 4.78 is 6.07. The summed E-state index contributed by atoms with van der Waals surface area (Å²) in [4.78, 5) is 5.57. The molecule has 0 atom stereocenters. The zero-order valence-corrected chi connectivity index (χ0v) is 18.4. The maximum atomic E-state index is 9.29. The van der Waals surface area contributed by atoms with E-state index in [1.54, 1.807) is 12.2 Å². The second-order valence-corrected chi connectivity index (χ2v) is 9.05. The summed E-state index contributed by atoms with van der Waals surface area (Å²) in [6.45, 7) is 17.9. The third-order valence-corrected chi connectivity index (χ3v) is 5.50. The predicted octanol–water partition coefficient (Wildman–Crippen LogP) is 6.40. The van der Waals surface area contributed by atoms with E-state index in [0.717, 1.165) is 5.76 Å². The number of rotatable bonds is 2. The second kappa shape index (κ2) is 7.73. The van der Waals surface area contributed by atoms with Gasteiger partial charge in [-0.1, -0.05) is 58.9 Å². The van der Waals surface area contributed by atoms with E-state index < -0.39 is 0 Å². The number of hydrogen-bond acceptors (Lipinski definition) is 3. The third kappa shape index (κ3) is 3.82. The van der Waals surface area contributed by atoms with Crippen molar-refractivity contribution in [3.63, 3.8) is 0 Å². The fourth-order valence-corrected chi connectivity index (χ4v) is 3.80. The van der Waals surface area contributed by atoms with Crippen LogP contribution in [0.4, 0.5) is 5.69 Å². The number of fused-ring (bicyclic) bond motifs is 1. The smallest absolute Gasteiger partial charge is 0.269 e. The molecule has 0 amide bonds. The van der Waals surface area contributed by atoms with Crippen molar-refractivity contribution in [1.29, 1.82) is 5.26 Å². The van der Waals surface area contributed by atoms with Crippen LogP contribution < -0.4 is 4.90 Å². The standard InChI is InChI=1S/C26H27N3O/c1-25(2,3)24-16-18(21(17-27)28-6)15-19(30-24)11-10-14-23-26(4,5)20-12-8-9-13-22(20)29(23)7/h8-16H,1-5,7H3/b11-10+,21-18-,23-14+. The van der Waals surface area contributed by atoms with Crippen LogP contribution in [0.5, 0.6) is 0 Å². The Morgan fingerprint density at radius 1 is 1.23 bits per heavy atom. The molecule has 0 saturated heterocycles. The van der Waals surface area contributed by atoms with Crippen molar-refractivity contribution in [3.05, 3.63) is 100 Å². The zero-order valence-electron chi connectivity index (χ0n) is 18.4. The number of nitrogens with zero attached hydrogens (tertiary/aromatic N) is 3. The minimum atomic E-state index is -0.241. The highest BCUT2D eigenvalue weighted by molar-refractivity contribution is 5.70. The average Bonchev–Trinajstić information content (AvgIpc) is 2.89. The van der Waals surface area contributed by atoms with Crippen LogP contribution in [0.25, 0.3) is 4.85 Å². The Bertz CT molecular complexity index is 1090. The number of hydrogen-bond donors (Lipinski definition) is 0. The lowest BCUT2D eigenvalue weighted by Gasteiger charge is -2.26. The topological polar surface area (TPSA) is 40.6 Å². The monoisotopic (exact) mass is 397 g/mol. The molecule has 2 heterocycles. The Morgan fingerprint density at radius 2 is 1.93 bits per heavy atom. The summed E-state index contributed by atoms with van der Waals surface area (Å²) >= 11 is 0. The number of para-hydroxylation sites is 1. The quantitative estimate of drug-likeness (QED) is 0.428. The zero-order chi connectivity index (χ0) is 22.1. The first-order valence-electron chi connectivity index (χ1n) is 9.95. The SMILES string of the molecule is [C-]#[N+]/C(C#N)=C1C=C(/C=C/C=C2/N(C)c3ccccc3C2(C)C)OC(C(C)(C)C)=C/1. The van der Waals surface area contributed by atoms with E-state index in [1.807, 2.05) is 39.0 Å². The largest absolute Gasteiger partial charge is 0.461 e. The maximum Gasteiger partial charge on any atom is 0.269 e. The Kier molecular flexibility index (Phi) is 5.47. The first-order valence-corrected chi connectivity index (χ1v) is 9.95. The van der Waals surface area contributed by atoms with Crippen LogP contribution in [-0.2, 0) is 10.2 Å². The highest BCUT2D eigenvalue weighted by Gasteiger charge is 2.37. The van der Waals surface area contributed by atoms with Gasteiger partial charge in [-0.15, -0.1) is 0 Å². The summed E-state index contributed by atoms with van der Waals surface area (Å²) in [6, 6.07) is 10.4. The molecule has 0 radical (unpaired) electrons. The molecule has 0 spiro atoms. The highest BCUT2D eigenvalue weighted by atomic mass is 16.5. The van der Waals surface area contributed by atoms with E-state index in [1.165, 1.54) is 16.9 Å². The van der Waals surface area contributed by atoms with Crippen LogP contribution in [0.15, 0.2) is 83.1 Å². The molecule has 0 aliphatic carbocycles. The average molecular weight is 398 g/mol. The molecule has 1 aromatic rings.